The number of hydrogen-bond donors (Lipinski definition) is 1. The monoisotopic (exact) mass is 222 g/mol. The van der Waals surface area contributed by atoms with E-state index >= 15 is 0 Å². The highest BCUT2D eigenvalue weighted by molar-refractivity contribution is 5.83. The molecular weight excluding hydrogens is 208 g/mol. The van der Waals surface area contributed by atoms with Gasteiger partial charge >= 0.3 is 6.09 Å². The summed E-state index contributed by atoms with van der Waals surface area (Å²) in [6.45, 7) is 2.05. The number of methoxy groups -OCH3 is 1. The summed E-state index contributed by atoms with van der Waals surface area (Å²) in [5.74, 6) is 1.25. The van der Waals surface area contributed by atoms with Gasteiger partial charge in [0.2, 0.25) is 0 Å². The molecule has 86 valence electrons. The van der Waals surface area contributed by atoms with Crippen LogP contribution in [0.15, 0.2) is 12.1 Å². The van der Waals surface area contributed by atoms with Gasteiger partial charge in [-0.25, -0.2) is 4.79 Å². The smallest absolute Gasteiger partial charge is 0.412 e. The minimum atomic E-state index is -0.539. The normalized spacial score (nSPS) is 14.9. The molecule has 2 heterocycles. The molecule has 0 saturated carbocycles. The summed E-state index contributed by atoms with van der Waals surface area (Å²) in [5, 5.41) is 10.4. The lowest BCUT2D eigenvalue weighted by Gasteiger charge is -2.15. The number of carbonyl (C=O) groups excluding carboxylic acids is 1. The molecule has 1 aliphatic heterocycles. The SMILES string of the molecule is COC(=O)Nc1ccc(N2CCCC2)nn1. The first-order chi connectivity index (χ1) is 7.79. The van der Waals surface area contributed by atoms with Crippen molar-refractivity contribution >= 4 is 17.7 Å². The van der Waals surface area contributed by atoms with E-state index in [2.05, 4.69) is 25.2 Å². The van der Waals surface area contributed by atoms with E-state index in [0.29, 0.717) is 5.82 Å². The topological polar surface area (TPSA) is 67.3 Å². The van der Waals surface area contributed by atoms with Crippen LogP contribution in [-0.2, 0) is 4.74 Å². The number of nitrogens with one attached hydrogen (secondary N) is 1. The zero-order valence-corrected chi connectivity index (χ0v) is 9.14. The molecule has 1 saturated heterocycles. The minimum absolute atomic E-state index is 0.398. The van der Waals surface area contributed by atoms with E-state index in [4.69, 9.17) is 0 Å². The molecule has 6 nitrogen and oxygen atoms in total. The van der Waals surface area contributed by atoms with E-state index in [-0.39, 0.29) is 0 Å². The third kappa shape index (κ3) is 2.39. The fraction of sp³-hybridized carbons (Fsp3) is 0.500. The molecule has 1 fully saturated rings. The fourth-order valence-corrected chi connectivity index (χ4v) is 1.66. The molecule has 0 atom stereocenters. The molecule has 1 N–H and O–H groups in total. The molecule has 1 aliphatic rings. The molecule has 1 aromatic heterocycles. The van der Waals surface area contributed by atoms with Crippen molar-refractivity contribution < 1.29 is 9.53 Å². The van der Waals surface area contributed by atoms with E-state index in [1.807, 2.05) is 6.07 Å². The Labute approximate surface area is 93.6 Å². The van der Waals surface area contributed by atoms with Gasteiger partial charge in [-0.3, -0.25) is 5.32 Å². The van der Waals surface area contributed by atoms with Gasteiger partial charge in [-0.05, 0) is 25.0 Å². The first-order valence-corrected chi connectivity index (χ1v) is 5.23. The van der Waals surface area contributed by atoms with Crippen LogP contribution in [-0.4, -0.2) is 36.5 Å². The van der Waals surface area contributed by atoms with E-state index in [1.165, 1.54) is 20.0 Å². The summed E-state index contributed by atoms with van der Waals surface area (Å²) in [7, 11) is 1.31. The zero-order valence-electron chi connectivity index (χ0n) is 9.14. The molecule has 0 spiro atoms. The molecule has 16 heavy (non-hydrogen) atoms. The molecule has 0 aromatic carbocycles. The van der Waals surface area contributed by atoms with Crippen LogP contribution >= 0.6 is 0 Å². The van der Waals surface area contributed by atoms with Gasteiger partial charge in [0.05, 0.1) is 7.11 Å². The molecule has 0 radical (unpaired) electrons. The Hall–Kier alpha value is -1.85. The number of hydrogen-bond acceptors (Lipinski definition) is 5. The van der Waals surface area contributed by atoms with E-state index < -0.39 is 6.09 Å². The zero-order chi connectivity index (χ0) is 11.4. The van der Waals surface area contributed by atoms with Gasteiger partial charge in [0.1, 0.15) is 0 Å². The van der Waals surface area contributed by atoms with Crippen LogP contribution in [0.4, 0.5) is 16.4 Å². The lowest BCUT2D eigenvalue weighted by Crippen LogP contribution is -2.20. The van der Waals surface area contributed by atoms with Crippen molar-refractivity contribution in [3.63, 3.8) is 0 Å². The second-order valence-corrected chi connectivity index (χ2v) is 3.59. The Morgan fingerprint density at radius 3 is 2.69 bits per heavy atom. The number of rotatable bonds is 2. The Balaban J connectivity index is 2.01. The Morgan fingerprint density at radius 1 is 1.38 bits per heavy atom. The molecule has 2 rings (SSSR count). The third-order valence-corrected chi connectivity index (χ3v) is 2.50. The number of ether oxygens (including phenoxy) is 1. The standard InChI is InChI=1S/C10H14N4O2/c1-16-10(15)11-8-4-5-9(13-12-8)14-6-2-3-7-14/h4-5H,2-3,6-7H2,1H3,(H,11,12,15). The van der Waals surface area contributed by atoms with Gasteiger partial charge in [0.25, 0.3) is 0 Å². The highest BCUT2D eigenvalue weighted by Crippen LogP contribution is 2.17. The molecule has 1 aromatic rings. The van der Waals surface area contributed by atoms with Crippen molar-refractivity contribution in [2.75, 3.05) is 30.4 Å². The lowest BCUT2D eigenvalue weighted by molar-refractivity contribution is 0.187. The average molecular weight is 222 g/mol. The van der Waals surface area contributed by atoms with Gasteiger partial charge in [0, 0.05) is 13.1 Å². The number of amides is 1. The molecule has 6 heteroatoms. The van der Waals surface area contributed by atoms with Crippen LogP contribution in [0.2, 0.25) is 0 Å². The van der Waals surface area contributed by atoms with Gasteiger partial charge < -0.3 is 9.64 Å². The quantitative estimate of drug-likeness (QED) is 0.815. The van der Waals surface area contributed by atoms with Crippen molar-refractivity contribution in [3.05, 3.63) is 12.1 Å². The lowest BCUT2D eigenvalue weighted by atomic mass is 10.4. The molecule has 0 aliphatic carbocycles. The van der Waals surface area contributed by atoms with Crippen molar-refractivity contribution in [3.8, 4) is 0 Å². The summed E-state index contributed by atoms with van der Waals surface area (Å²) < 4.78 is 4.46. The van der Waals surface area contributed by atoms with Crippen LogP contribution in [0.25, 0.3) is 0 Å². The Kier molecular flexibility index (Phi) is 3.19. The number of anilines is 2. The number of aromatic nitrogens is 2. The largest absolute Gasteiger partial charge is 0.453 e. The maximum Gasteiger partial charge on any atom is 0.412 e. The van der Waals surface area contributed by atoms with Crippen LogP contribution in [0.1, 0.15) is 12.8 Å². The highest BCUT2D eigenvalue weighted by Gasteiger charge is 2.13. The third-order valence-electron chi connectivity index (χ3n) is 2.50. The number of carbonyl (C=O) groups is 1. The van der Waals surface area contributed by atoms with Crippen molar-refractivity contribution in [1.82, 2.24) is 10.2 Å². The Morgan fingerprint density at radius 2 is 2.12 bits per heavy atom. The summed E-state index contributed by atoms with van der Waals surface area (Å²) in [5.41, 5.74) is 0. The summed E-state index contributed by atoms with van der Waals surface area (Å²) in [6, 6.07) is 3.57. The van der Waals surface area contributed by atoms with E-state index in [1.54, 1.807) is 6.07 Å². The molecular formula is C10H14N4O2. The van der Waals surface area contributed by atoms with E-state index in [9.17, 15) is 4.79 Å². The average Bonchev–Trinajstić information content (AvgIpc) is 2.83. The van der Waals surface area contributed by atoms with Gasteiger partial charge in [-0.15, -0.1) is 10.2 Å². The second kappa shape index (κ2) is 4.78. The minimum Gasteiger partial charge on any atom is -0.453 e. The Bertz CT molecular complexity index is 360. The van der Waals surface area contributed by atoms with Crippen molar-refractivity contribution in [2.45, 2.75) is 12.8 Å². The highest BCUT2D eigenvalue weighted by atomic mass is 16.5. The molecule has 0 unspecified atom stereocenters. The second-order valence-electron chi connectivity index (χ2n) is 3.59. The summed E-state index contributed by atoms with van der Waals surface area (Å²) >= 11 is 0. The predicted octanol–water partition coefficient (Wildman–Crippen LogP) is 1.26. The maximum absolute atomic E-state index is 10.9. The molecule has 0 bridgehead atoms. The van der Waals surface area contributed by atoms with Crippen LogP contribution in [0, 0.1) is 0 Å². The van der Waals surface area contributed by atoms with Crippen LogP contribution in [0.3, 0.4) is 0 Å². The summed E-state index contributed by atoms with van der Waals surface area (Å²) in [6.07, 6.45) is 1.86. The van der Waals surface area contributed by atoms with Gasteiger partial charge in [-0.1, -0.05) is 0 Å². The fourth-order valence-electron chi connectivity index (χ4n) is 1.66. The van der Waals surface area contributed by atoms with Crippen molar-refractivity contribution in [1.29, 1.82) is 0 Å². The predicted molar refractivity (Wildman–Crippen MR) is 59.5 cm³/mol. The van der Waals surface area contributed by atoms with E-state index in [0.717, 1.165) is 18.9 Å². The maximum atomic E-state index is 10.9. The van der Waals surface area contributed by atoms with Crippen LogP contribution in [0.5, 0.6) is 0 Å². The van der Waals surface area contributed by atoms with Gasteiger partial charge in [0.15, 0.2) is 11.6 Å². The van der Waals surface area contributed by atoms with Crippen LogP contribution < -0.4 is 10.2 Å². The van der Waals surface area contributed by atoms with Crippen molar-refractivity contribution in [2.24, 2.45) is 0 Å². The first-order valence-electron chi connectivity index (χ1n) is 5.23. The summed E-state index contributed by atoms with van der Waals surface area (Å²) in [4.78, 5) is 13.1. The molecule has 1 amide bonds. The van der Waals surface area contributed by atoms with Gasteiger partial charge in [-0.2, -0.15) is 0 Å². The first kappa shape index (κ1) is 10.7. The number of nitrogens with zero attached hydrogens (tertiary/aromatic N) is 3.